The van der Waals surface area contributed by atoms with Gasteiger partial charge in [0.15, 0.2) is 0 Å². The van der Waals surface area contributed by atoms with Crippen molar-refractivity contribution in [3.05, 3.63) is 40.9 Å². The molecule has 0 aliphatic carbocycles. The van der Waals surface area contributed by atoms with Gasteiger partial charge in [0.1, 0.15) is 5.01 Å². The second-order valence-electron chi connectivity index (χ2n) is 5.92. The van der Waals surface area contributed by atoms with Crippen molar-refractivity contribution in [1.82, 2.24) is 15.6 Å². The SMILES string of the molecule is Cc1csc(-c2cccc(C(=O)NC3CCNC(C)C3)c2)n1.Cl.Cl. The standard InChI is InChI=1S/C17H21N3OS.2ClH/c1-11-8-15(6-7-18-11)20-16(21)13-4-3-5-14(9-13)17-19-12(2)10-22-17;;/h3-5,9-11,15,18H,6-8H2,1-2H3,(H,20,21);2*1H. The predicted molar refractivity (Wildman–Crippen MR) is 105 cm³/mol. The summed E-state index contributed by atoms with van der Waals surface area (Å²) >= 11 is 1.61. The first-order valence-corrected chi connectivity index (χ1v) is 8.56. The first-order valence-electron chi connectivity index (χ1n) is 7.68. The third-order valence-electron chi connectivity index (χ3n) is 3.95. The van der Waals surface area contributed by atoms with Crippen LogP contribution in [0, 0.1) is 6.92 Å². The molecule has 7 heteroatoms. The van der Waals surface area contributed by atoms with Crippen LogP contribution in [-0.2, 0) is 0 Å². The van der Waals surface area contributed by atoms with Gasteiger partial charge in [-0.2, -0.15) is 0 Å². The zero-order valence-corrected chi connectivity index (χ0v) is 16.2. The van der Waals surface area contributed by atoms with Crippen LogP contribution in [0.3, 0.4) is 0 Å². The molecule has 1 amide bonds. The molecule has 2 N–H and O–H groups in total. The summed E-state index contributed by atoms with van der Waals surface area (Å²) in [7, 11) is 0. The number of aryl methyl sites for hydroxylation is 1. The maximum atomic E-state index is 12.5. The highest BCUT2D eigenvalue weighted by Gasteiger charge is 2.20. The summed E-state index contributed by atoms with van der Waals surface area (Å²) in [5.74, 6) is 0.00854. The molecule has 4 nitrogen and oxygen atoms in total. The highest BCUT2D eigenvalue weighted by atomic mass is 35.5. The summed E-state index contributed by atoms with van der Waals surface area (Å²) < 4.78 is 0. The van der Waals surface area contributed by atoms with Crippen molar-refractivity contribution in [3.63, 3.8) is 0 Å². The lowest BCUT2D eigenvalue weighted by Crippen LogP contribution is -2.46. The van der Waals surface area contributed by atoms with E-state index in [0.717, 1.165) is 35.7 Å². The molecule has 3 rings (SSSR count). The van der Waals surface area contributed by atoms with Gasteiger partial charge in [-0.25, -0.2) is 4.98 Å². The Labute approximate surface area is 159 Å². The van der Waals surface area contributed by atoms with Crippen molar-refractivity contribution in [2.75, 3.05) is 6.54 Å². The first-order chi connectivity index (χ1) is 10.6. The highest BCUT2D eigenvalue weighted by Crippen LogP contribution is 2.24. The van der Waals surface area contributed by atoms with E-state index < -0.39 is 0 Å². The molecule has 1 aromatic carbocycles. The van der Waals surface area contributed by atoms with Gasteiger partial charge >= 0.3 is 0 Å². The summed E-state index contributed by atoms with van der Waals surface area (Å²) in [5, 5.41) is 9.54. The molecule has 1 saturated heterocycles. The van der Waals surface area contributed by atoms with E-state index in [0.29, 0.717) is 11.6 Å². The first kappa shape index (κ1) is 20.9. The summed E-state index contributed by atoms with van der Waals surface area (Å²) in [5.41, 5.74) is 2.72. The molecule has 24 heavy (non-hydrogen) atoms. The van der Waals surface area contributed by atoms with E-state index >= 15 is 0 Å². The molecule has 1 aliphatic heterocycles. The molecule has 132 valence electrons. The van der Waals surface area contributed by atoms with Gasteiger partial charge in [-0.1, -0.05) is 12.1 Å². The molecule has 2 aromatic rings. The third-order valence-corrected chi connectivity index (χ3v) is 4.96. The van der Waals surface area contributed by atoms with Crippen molar-refractivity contribution >= 4 is 42.1 Å². The van der Waals surface area contributed by atoms with E-state index in [2.05, 4.69) is 22.5 Å². The fourth-order valence-electron chi connectivity index (χ4n) is 2.81. The predicted octanol–water partition coefficient (Wildman–Crippen LogP) is 3.83. The number of amides is 1. The second kappa shape index (κ2) is 9.37. The fourth-order valence-corrected chi connectivity index (χ4v) is 3.61. The maximum absolute atomic E-state index is 12.5. The van der Waals surface area contributed by atoms with E-state index in [4.69, 9.17) is 0 Å². The number of hydrogen-bond donors (Lipinski definition) is 2. The van der Waals surface area contributed by atoms with Gasteiger partial charge in [0.2, 0.25) is 0 Å². The molecule has 1 fully saturated rings. The van der Waals surface area contributed by atoms with Crippen LogP contribution in [0.4, 0.5) is 0 Å². The molecule has 0 radical (unpaired) electrons. The average Bonchev–Trinajstić information content (AvgIpc) is 2.94. The lowest BCUT2D eigenvalue weighted by atomic mass is 10.00. The van der Waals surface area contributed by atoms with Crippen molar-refractivity contribution < 1.29 is 4.79 Å². The minimum atomic E-state index is 0. The number of aromatic nitrogens is 1. The summed E-state index contributed by atoms with van der Waals surface area (Å²) in [6, 6.07) is 8.44. The number of rotatable bonds is 3. The summed E-state index contributed by atoms with van der Waals surface area (Å²) in [4.78, 5) is 16.9. The lowest BCUT2D eigenvalue weighted by molar-refractivity contribution is 0.0925. The maximum Gasteiger partial charge on any atom is 0.251 e. The zero-order chi connectivity index (χ0) is 15.5. The van der Waals surface area contributed by atoms with Crippen molar-refractivity contribution in [2.45, 2.75) is 38.8 Å². The molecular weight excluding hydrogens is 365 g/mol. The Morgan fingerprint density at radius 3 is 2.83 bits per heavy atom. The van der Waals surface area contributed by atoms with Gasteiger partial charge in [0, 0.05) is 34.3 Å². The van der Waals surface area contributed by atoms with Crippen LogP contribution in [0.25, 0.3) is 10.6 Å². The van der Waals surface area contributed by atoms with Gasteiger partial charge < -0.3 is 10.6 Å². The quantitative estimate of drug-likeness (QED) is 0.840. The monoisotopic (exact) mass is 387 g/mol. The van der Waals surface area contributed by atoms with E-state index in [1.165, 1.54) is 0 Å². The van der Waals surface area contributed by atoms with Gasteiger partial charge in [-0.05, 0) is 45.4 Å². The molecule has 2 heterocycles. The molecule has 0 spiro atoms. The number of carbonyl (C=O) groups is 1. The molecule has 2 atom stereocenters. The number of halogens is 2. The Hall–Kier alpha value is -1.14. The topological polar surface area (TPSA) is 54.0 Å². The molecule has 1 aromatic heterocycles. The highest BCUT2D eigenvalue weighted by molar-refractivity contribution is 7.13. The summed E-state index contributed by atoms with van der Waals surface area (Å²) in [6.07, 6.45) is 1.97. The number of carbonyl (C=O) groups excluding carboxylic acids is 1. The number of thiazole rings is 1. The zero-order valence-electron chi connectivity index (χ0n) is 13.7. The largest absolute Gasteiger partial charge is 0.349 e. The van der Waals surface area contributed by atoms with Crippen LogP contribution in [0.5, 0.6) is 0 Å². The van der Waals surface area contributed by atoms with Crippen LogP contribution in [-0.4, -0.2) is 29.5 Å². The molecule has 1 aliphatic rings. The Balaban J connectivity index is 0.00000144. The van der Waals surface area contributed by atoms with Gasteiger partial charge in [-0.15, -0.1) is 36.2 Å². The minimum Gasteiger partial charge on any atom is -0.349 e. The third kappa shape index (κ3) is 5.18. The van der Waals surface area contributed by atoms with Crippen LogP contribution < -0.4 is 10.6 Å². The number of hydrogen-bond acceptors (Lipinski definition) is 4. The number of benzene rings is 1. The Morgan fingerprint density at radius 1 is 1.38 bits per heavy atom. The fraction of sp³-hybridized carbons (Fsp3) is 0.412. The lowest BCUT2D eigenvalue weighted by Gasteiger charge is -2.28. The van der Waals surface area contributed by atoms with Crippen LogP contribution in [0.15, 0.2) is 29.6 Å². The summed E-state index contributed by atoms with van der Waals surface area (Å²) in [6.45, 7) is 5.10. The number of nitrogens with one attached hydrogen (secondary N) is 2. The molecule has 0 bridgehead atoms. The Morgan fingerprint density at radius 2 is 2.17 bits per heavy atom. The Bertz CT molecular complexity index is 677. The van der Waals surface area contributed by atoms with Gasteiger partial charge in [0.25, 0.3) is 5.91 Å². The number of nitrogens with zero attached hydrogens (tertiary/aromatic N) is 1. The van der Waals surface area contributed by atoms with Crippen molar-refractivity contribution in [3.8, 4) is 10.6 Å². The van der Waals surface area contributed by atoms with Crippen molar-refractivity contribution in [1.29, 1.82) is 0 Å². The second-order valence-corrected chi connectivity index (χ2v) is 6.78. The van der Waals surface area contributed by atoms with Crippen molar-refractivity contribution in [2.24, 2.45) is 0 Å². The smallest absolute Gasteiger partial charge is 0.251 e. The average molecular weight is 388 g/mol. The van der Waals surface area contributed by atoms with E-state index in [1.807, 2.05) is 36.6 Å². The molecular formula is C17H23Cl2N3OS. The van der Waals surface area contributed by atoms with Gasteiger partial charge in [-0.3, -0.25) is 4.79 Å². The number of piperidine rings is 1. The molecule has 0 saturated carbocycles. The van der Waals surface area contributed by atoms with Crippen LogP contribution in [0.1, 0.15) is 35.8 Å². The van der Waals surface area contributed by atoms with E-state index in [1.54, 1.807) is 11.3 Å². The van der Waals surface area contributed by atoms with Crippen LogP contribution in [0.2, 0.25) is 0 Å². The Kier molecular flexibility index (Phi) is 8.16. The van der Waals surface area contributed by atoms with E-state index in [-0.39, 0.29) is 36.8 Å². The normalized spacial score (nSPS) is 19.8. The molecule has 2 unspecified atom stereocenters. The van der Waals surface area contributed by atoms with Gasteiger partial charge in [0.05, 0.1) is 0 Å². The minimum absolute atomic E-state index is 0. The van der Waals surface area contributed by atoms with E-state index in [9.17, 15) is 4.79 Å². The van der Waals surface area contributed by atoms with Crippen LogP contribution >= 0.6 is 36.2 Å².